The molecule has 0 bridgehead atoms. The van der Waals surface area contributed by atoms with Crippen LogP contribution in [0.15, 0.2) is 0 Å². The monoisotopic (exact) mass is 280 g/mol. The van der Waals surface area contributed by atoms with Crippen molar-refractivity contribution in [1.82, 2.24) is 10.2 Å². The summed E-state index contributed by atoms with van der Waals surface area (Å²) in [5, 5.41) is 3.51. The van der Waals surface area contributed by atoms with Crippen LogP contribution in [0.1, 0.15) is 72.1 Å². The first-order chi connectivity index (χ1) is 9.65. The summed E-state index contributed by atoms with van der Waals surface area (Å²) >= 11 is 0. The van der Waals surface area contributed by atoms with E-state index in [-0.39, 0.29) is 12.2 Å². The van der Waals surface area contributed by atoms with Crippen molar-refractivity contribution < 1.29 is 4.79 Å². The van der Waals surface area contributed by atoms with Crippen molar-refractivity contribution in [3.8, 4) is 0 Å². The highest BCUT2D eigenvalue weighted by atomic mass is 16.2. The highest BCUT2D eigenvalue weighted by molar-refractivity contribution is 5.84. The molecule has 2 fully saturated rings. The fourth-order valence-corrected chi connectivity index (χ4v) is 3.79. The van der Waals surface area contributed by atoms with Gasteiger partial charge in [-0.3, -0.25) is 10.1 Å². The van der Waals surface area contributed by atoms with E-state index < -0.39 is 0 Å². The second-order valence-corrected chi connectivity index (χ2v) is 6.88. The number of hydrogen-bond donors (Lipinski definition) is 1. The summed E-state index contributed by atoms with van der Waals surface area (Å²) < 4.78 is 0. The summed E-state index contributed by atoms with van der Waals surface area (Å²) in [4.78, 5) is 14.6. The number of nitrogens with one attached hydrogen (secondary N) is 1. The van der Waals surface area contributed by atoms with E-state index in [0.29, 0.717) is 5.91 Å². The minimum atomic E-state index is 0.0799. The summed E-state index contributed by atoms with van der Waals surface area (Å²) in [5.74, 6) is 2.11. The number of amides is 1. The van der Waals surface area contributed by atoms with Crippen LogP contribution in [0.3, 0.4) is 0 Å². The van der Waals surface area contributed by atoms with Gasteiger partial charge in [0, 0.05) is 6.54 Å². The lowest BCUT2D eigenvalue weighted by molar-refractivity contribution is -0.130. The third kappa shape index (κ3) is 3.75. The molecule has 1 N–H and O–H groups in total. The smallest absolute Gasteiger partial charge is 0.241 e. The van der Waals surface area contributed by atoms with Crippen LogP contribution in [0.4, 0.5) is 0 Å². The zero-order valence-electron chi connectivity index (χ0n) is 13.5. The summed E-state index contributed by atoms with van der Waals surface area (Å²) in [5.41, 5.74) is 0. The molecule has 1 amide bonds. The van der Waals surface area contributed by atoms with Crippen LogP contribution in [-0.2, 0) is 4.79 Å². The van der Waals surface area contributed by atoms with E-state index in [2.05, 4.69) is 31.0 Å². The summed E-state index contributed by atoms with van der Waals surface area (Å²) in [6.45, 7) is 7.66. The van der Waals surface area contributed by atoms with Crippen LogP contribution in [-0.4, -0.2) is 29.6 Å². The van der Waals surface area contributed by atoms with Gasteiger partial charge < -0.3 is 4.90 Å². The van der Waals surface area contributed by atoms with Crippen molar-refractivity contribution in [3.63, 3.8) is 0 Å². The Morgan fingerprint density at radius 2 is 1.85 bits per heavy atom. The lowest BCUT2D eigenvalue weighted by Gasteiger charge is -2.29. The van der Waals surface area contributed by atoms with Crippen molar-refractivity contribution in [1.29, 1.82) is 0 Å². The number of carbonyl (C=O) groups is 1. The molecule has 2 unspecified atom stereocenters. The molecule has 2 atom stereocenters. The number of hydrogen-bond acceptors (Lipinski definition) is 2. The predicted molar refractivity (Wildman–Crippen MR) is 83.4 cm³/mol. The van der Waals surface area contributed by atoms with Gasteiger partial charge >= 0.3 is 0 Å². The van der Waals surface area contributed by atoms with Gasteiger partial charge in [0.05, 0.1) is 12.2 Å². The fraction of sp³-hybridized carbons (Fsp3) is 0.941. The van der Waals surface area contributed by atoms with E-state index in [4.69, 9.17) is 0 Å². The summed E-state index contributed by atoms with van der Waals surface area (Å²) in [6.07, 6.45) is 10.1. The average Bonchev–Trinajstić information content (AvgIpc) is 2.75. The van der Waals surface area contributed by atoms with Gasteiger partial charge in [-0.25, -0.2) is 0 Å². The zero-order valence-corrected chi connectivity index (χ0v) is 13.5. The van der Waals surface area contributed by atoms with Crippen molar-refractivity contribution in [2.75, 3.05) is 6.54 Å². The maximum absolute atomic E-state index is 12.5. The van der Waals surface area contributed by atoms with E-state index in [0.717, 1.165) is 37.6 Å². The molecule has 2 aliphatic rings. The molecular weight excluding hydrogens is 248 g/mol. The van der Waals surface area contributed by atoms with E-state index in [1.807, 2.05) is 0 Å². The SMILES string of the molecule is CCCC1NC(CC)N(CCC2CCC(C)CC2)C1=O. The Labute approximate surface area is 124 Å². The van der Waals surface area contributed by atoms with Crippen LogP contribution in [0.5, 0.6) is 0 Å². The van der Waals surface area contributed by atoms with Crippen LogP contribution in [0.25, 0.3) is 0 Å². The molecule has 0 aromatic rings. The van der Waals surface area contributed by atoms with Crippen LogP contribution in [0, 0.1) is 11.8 Å². The number of rotatable bonds is 6. The molecule has 3 nitrogen and oxygen atoms in total. The Morgan fingerprint density at radius 3 is 2.45 bits per heavy atom. The molecule has 0 aromatic carbocycles. The predicted octanol–water partition coefficient (Wildman–Crippen LogP) is 3.54. The normalized spacial score (nSPS) is 34.8. The molecule has 2 rings (SSSR count). The molecule has 0 aromatic heterocycles. The van der Waals surface area contributed by atoms with E-state index in [1.54, 1.807) is 0 Å². The minimum Gasteiger partial charge on any atom is -0.326 e. The first-order valence-corrected chi connectivity index (χ1v) is 8.72. The van der Waals surface area contributed by atoms with Gasteiger partial charge in [0.25, 0.3) is 0 Å². The van der Waals surface area contributed by atoms with E-state index in [1.165, 1.54) is 32.1 Å². The molecule has 3 heteroatoms. The van der Waals surface area contributed by atoms with Crippen LogP contribution >= 0.6 is 0 Å². The Hall–Kier alpha value is -0.570. The third-order valence-electron chi connectivity index (χ3n) is 5.23. The lowest BCUT2D eigenvalue weighted by atomic mass is 9.81. The number of carbonyl (C=O) groups excluding carboxylic acids is 1. The average molecular weight is 280 g/mol. The van der Waals surface area contributed by atoms with Crippen LogP contribution in [0.2, 0.25) is 0 Å². The third-order valence-corrected chi connectivity index (χ3v) is 5.23. The molecule has 1 heterocycles. The maximum atomic E-state index is 12.5. The molecule has 1 aliphatic heterocycles. The van der Waals surface area contributed by atoms with Gasteiger partial charge in [-0.05, 0) is 31.1 Å². The molecule has 1 aliphatic carbocycles. The molecule has 1 saturated heterocycles. The van der Waals surface area contributed by atoms with Gasteiger partial charge in [0.1, 0.15) is 0 Å². The zero-order chi connectivity index (χ0) is 14.5. The highest BCUT2D eigenvalue weighted by Gasteiger charge is 2.37. The fourth-order valence-electron chi connectivity index (χ4n) is 3.79. The lowest BCUT2D eigenvalue weighted by Crippen LogP contribution is -2.38. The standard InChI is InChI=1S/C17H32N2O/c1-4-6-15-17(20)19(16(5-2)18-15)12-11-14-9-7-13(3)8-10-14/h13-16,18H,4-12H2,1-3H3. The first-order valence-electron chi connectivity index (χ1n) is 8.72. The van der Waals surface area contributed by atoms with E-state index >= 15 is 0 Å². The summed E-state index contributed by atoms with van der Waals surface area (Å²) in [7, 11) is 0. The Balaban J connectivity index is 1.82. The van der Waals surface area contributed by atoms with Crippen molar-refractivity contribution in [3.05, 3.63) is 0 Å². The largest absolute Gasteiger partial charge is 0.326 e. The van der Waals surface area contributed by atoms with Gasteiger partial charge in [-0.15, -0.1) is 0 Å². The molecule has 1 saturated carbocycles. The Bertz CT molecular complexity index is 310. The van der Waals surface area contributed by atoms with Crippen molar-refractivity contribution in [2.24, 2.45) is 11.8 Å². The molecule has 20 heavy (non-hydrogen) atoms. The number of nitrogens with zero attached hydrogens (tertiary/aromatic N) is 1. The topological polar surface area (TPSA) is 32.3 Å². The maximum Gasteiger partial charge on any atom is 0.241 e. The van der Waals surface area contributed by atoms with Gasteiger partial charge in [0.15, 0.2) is 0 Å². The summed E-state index contributed by atoms with van der Waals surface area (Å²) in [6, 6.07) is 0.0799. The second-order valence-electron chi connectivity index (χ2n) is 6.88. The minimum absolute atomic E-state index is 0.0799. The van der Waals surface area contributed by atoms with Crippen LogP contribution < -0.4 is 5.32 Å². The van der Waals surface area contributed by atoms with Crippen molar-refractivity contribution in [2.45, 2.75) is 84.3 Å². The molecule has 0 spiro atoms. The first kappa shape index (κ1) is 15.8. The quantitative estimate of drug-likeness (QED) is 0.807. The second kappa shape index (κ2) is 7.44. The Kier molecular flexibility index (Phi) is 5.88. The van der Waals surface area contributed by atoms with Gasteiger partial charge in [0.2, 0.25) is 5.91 Å². The van der Waals surface area contributed by atoms with Gasteiger partial charge in [-0.1, -0.05) is 52.9 Å². The molecule has 0 radical (unpaired) electrons. The highest BCUT2D eigenvalue weighted by Crippen LogP contribution is 2.31. The Morgan fingerprint density at radius 1 is 1.15 bits per heavy atom. The van der Waals surface area contributed by atoms with E-state index in [9.17, 15) is 4.79 Å². The molecule has 116 valence electrons. The van der Waals surface area contributed by atoms with Crippen molar-refractivity contribution >= 4 is 5.91 Å². The van der Waals surface area contributed by atoms with Gasteiger partial charge in [-0.2, -0.15) is 0 Å². The molecular formula is C17H32N2O.